The van der Waals surface area contributed by atoms with Gasteiger partial charge in [0.05, 0.1) is 43.2 Å². The quantitative estimate of drug-likeness (QED) is 0.454. The van der Waals surface area contributed by atoms with E-state index in [1.54, 1.807) is 28.4 Å². The number of amides is 2. The number of carbonyl (C=O) groups is 3. The topological polar surface area (TPSA) is 106 Å². The van der Waals surface area contributed by atoms with Crippen molar-refractivity contribution in [2.24, 2.45) is 0 Å². The molecule has 7 aliphatic rings. The molecular formula is C20H18N2O7S2. The van der Waals surface area contributed by atoms with Gasteiger partial charge in [0, 0.05) is 19.8 Å². The van der Waals surface area contributed by atoms with Crippen molar-refractivity contribution in [3.8, 4) is 0 Å². The largest absolute Gasteiger partial charge is 0.473 e. The molecule has 0 aromatic carbocycles. The molecule has 5 fully saturated rings. The number of carbonyl (C=O) groups excluding carboxylic acids is 3. The van der Waals surface area contributed by atoms with E-state index in [0.29, 0.717) is 0 Å². The SMILES string of the molecule is CC(=O)O[C@H]1C=COC=C2C[C@]34SS[C@@]5(CC6=COC=C[C@H](O)[C@H]6N3C5=O)N(C4=O)[C@@H]21. The number of ether oxygens (including phenoxy) is 3. The van der Waals surface area contributed by atoms with Crippen molar-refractivity contribution >= 4 is 39.4 Å². The van der Waals surface area contributed by atoms with E-state index in [4.69, 9.17) is 14.2 Å². The van der Waals surface area contributed by atoms with Crippen LogP contribution in [0.15, 0.2) is 48.3 Å². The minimum atomic E-state index is -1.24. The molecule has 4 bridgehead atoms. The maximum atomic E-state index is 13.9. The van der Waals surface area contributed by atoms with Crippen LogP contribution in [0.1, 0.15) is 19.8 Å². The summed E-state index contributed by atoms with van der Waals surface area (Å²) in [5, 5.41) is 10.8. The number of nitrogens with zero attached hydrogens (tertiary/aromatic N) is 2. The first-order valence-electron chi connectivity index (χ1n) is 9.81. The van der Waals surface area contributed by atoms with Gasteiger partial charge < -0.3 is 29.1 Å². The summed E-state index contributed by atoms with van der Waals surface area (Å²) in [5.74, 6) is -0.927. The Kier molecular flexibility index (Phi) is 3.95. The summed E-state index contributed by atoms with van der Waals surface area (Å²) in [6.45, 7) is 1.31. The second-order valence-electron chi connectivity index (χ2n) is 8.21. The van der Waals surface area contributed by atoms with Crippen LogP contribution in [0.5, 0.6) is 0 Å². The number of esters is 1. The minimum absolute atomic E-state index is 0.201. The molecule has 31 heavy (non-hydrogen) atoms. The lowest BCUT2D eigenvalue weighted by Crippen LogP contribution is -2.86. The Morgan fingerprint density at radius 1 is 1.03 bits per heavy atom. The first-order chi connectivity index (χ1) is 14.9. The van der Waals surface area contributed by atoms with E-state index in [-0.39, 0.29) is 24.7 Å². The Labute approximate surface area is 185 Å². The number of piperidine rings is 2. The van der Waals surface area contributed by atoms with Crippen molar-refractivity contribution in [1.82, 2.24) is 9.80 Å². The highest BCUT2D eigenvalue weighted by atomic mass is 33.1. The van der Waals surface area contributed by atoms with Gasteiger partial charge in [0.25, 0.3) is 11.8 Å². The molecule has 2 spiro atoms. The van der Waals surface area contributed by atoms with Gasteiger partial charge in [-0.05, 0) is 23.3 Å². The molecule has 11 heteroatoms. The fourth-order valence-electron chi connectivity index (χ4n) is 5.34. The number of piperazine rings is 1. The molecule has 0 aliphatic carbocycles. The highest BCUT2D eigenvalue weighted by Crippen LogP contribution is 2.69. The molecule has 1 N–H and O–H groups in total. The van der Waals surface area contributed by atoms with Crippen LogP contribution in [-0.2, 0) is 28.6 Å². The monoisotopic (exact) mass is 462 g/mol. The van der Waals surface area contributed by atoms with Gasteiger partial charge in [0.2, 0.25) is 0 Å². The van der Waals surface area contributed by atoms with Gasteiger partial charge in [-0.15, -0.1) is 0 Å². The molecular weight excluding hydrogens is 444 g/mol. The van der Waals surface area contributed by atoms with Crippen LogP contribution in [0.3, 0.4) is 0 Å². The fourth-order valence-corrected chi connectivity index (χ4v) is 9.05. The van der Waals surface area contributed by atoms with E-state index in [9.17, 15) is 19.5 Å². The highest BCUT2D eigenvalue weighted by Gasteiger charge is 2.77. The second-order valence-corrected chi connectivity index (χ2v) is 10.9. The lowest BCUT2D eigenvalue weighted by Gasteiger charge is -2.69. The predicted molar refractivity (Wildman–Crippen MR) is 109 cm³/mol. The van der Waals surface area contributed by atoms with E-state index in [2.05, 4.69) is 0 Å². The van der Waals surface area contributed by atoms with Gasteiger partial charge in [-0.2, -0.15) is 0 Å². The maximum absolute atomic E-state index is 13.9. The number of aliphatic hydroxyl groups excluding tert-OH is 1. The zero-order chi connectivity index (χ0) is 21.5. The van der Waals surface area contributed by atoms with E-state index in [1.807, 2.05) is 0 Å². The Bertz CT molecular complexity index is 1040. The van der Waals surface area contributed by atoms with Crippen molar-refractivity contribution in [2.45, 2.75) is 53.8 Å². The summed E-state index contributed by atoms with van der Waals surface area (Å²) in [7, 11) is 2.71. The lowest BCUT2D eigenvalue weighted by molar-refractivity contribution is -0.184. The summed E-state index contributed by atoms with van der Waals surface area (Å²) in [5.41, 5.74) is 1.50. The lowest BCUT2D eigenvalue weighted by atomic mass is 9.76. The summed E-state index contributed by atoms with van der Waals surface area (Å²) >= 11 is 0. The first kappa shape index (κ1) is 19.3. The zero-order valence-corrected chi connectivity index (χ0v) is 17.9. The predicted octanol–water partition coefficient (Wildman–Crippen LogP) is 1.14. The third-order valence-electron chi connectivity index (χ3n) is 6.48. The standard InChI is InChI=1S/C20H18N2O7S2/c1-10(23)29-14-3-5-28-9-12-7-19-18(26)22(16(12)14)20(31-30-19)6-11-8-27-4-2-13(24)15(11)21(19)17(20)25/h2-5,8-9,13-16,24H,6-7H2,1H3/t13-,14-,15-,16-,19+,20+/m0/s1. The summed E-state index contributed by atoms with van der Waals surface area (Å²) in [4.78, 5) is 40.2. The molecule has 9 nitrogen and oxygen atoms in total. The highest BCUT2D eigenvalue weighted by molar-refractivity contribution is 8.78. The number of hydrogen-bond acceptors (Lipinski definition) is 9. The van der Waals surface area contributed by atoms with Gasteiger partial charge in [0.15, 0.2) is 9.74 Å². The van der Waals surface area contributed by atoms with Crippen LogP contribution in [-0.4, -0.2) is 66.7 Å². The van der Waals surface area contributed by atoms with E-state index >= 15 is 0 Å². The molecule has 6 atom stereocenters. The van der Waals surface area contributed by atoms with E-state index < -0.39 is 40.0 Å². The molecule has 0 aromatic rings. The fraction of sp³-hybridized carbons (Fsp3) is 0.450. The maximum Gasteiger partial charge on any atom is 0.303 e. The Balaban J connectivity index is 1.55. The molecule has 0 aromatic heterocycles. The van der Waals surface area contributed by atoms with Crippen molar-refractivity contribution in [3.63, 3.8) is 0 Å². The molecule has 0 radical (unpaired) electrons. The van der Waals surface area contributed by atoms with Gasteiger partial charge in [-0.1, -0.05) is 21.6 Å². The van der Waals surface area contributed by atoms with Crippen LogP contribution >= 0.6 is 21.6 Å². The molecule has 7 aliphatic heterocycles. The number of hydrogen-bond donors (Lipinski definition) is 1. The number of rotatable bonds is 1. The molecule has 7 heterocycles. The van der Waals surface area contributed by atoms with Crippen molar-refractivity contribution in [2.75, 3.05) is 0 Å². The normalized spacial score (nSPS) is 41.7. The van der Waals surface area contributed by atoms with Crippen molar-refractivity contribution in [1.29, 1.82) is 0 Å². The smallest absolute Gasteiger partial charge is 0.303 e. The minimum Gasteiger partial charge on any atom is -0.473 e. The molecule has 0 saturated carbocycles. The third-order valence-corrected chi connectivity index (χ3v) is 10.1. The van der Waals surface area contributed by atoms with Crippen LogP contribution in [0.2, 0.25) is 0 Å². The van der Waals surface area contributed by atoms with E-state index in [0.717, 1.165) is 11.1 Å². The molecule has 0 unspecified atom stereocenters. The summed E-state index contributed by atoms with van der Waals surface area (Å²) in [6, 6.07) is -1.35. The van der Waals surface area contributed by atoms with Crippen LogP contribution in [0.4, 0.5) is 0 Å². The number of aliphatic hydroxyl groups is 1. The number of fused-ring (bicyclic) bond motifs is 3. The van der Waals surface area contributed by atoms with Crippen molar-refractivity contribution in [3.05, 3.63) is 48.3 Å². The van der Waals surface area contributed by atoms with E-state index in [1.165, 1.54) is 47.1 Å². The van der Waals surface area contributed by atoms with Gasteiger partial charge >= 0.3 is 5.97 Å². The Morgan fingerprint density at radius 3 is 2.19 bits per heavy atom. The zero-order valence-electron chi connectivity index (χ0n) is 16.3. The first-order valence-corrected chi connectivity index (χ1v) is 12.0. The molecule has 5 saturated heterocycles. The molecule has 7 rings (SSSR count). The van der Waals surface area contributed by atoms with Crippen LogP contribution in [0.25, 0.3) is 0 Å². The van der Waals surface area contributed by atoms with Crippen molar-refractivity contribution < 1.29 is 33.7 Å². The second kappa shape index (κ2) is 6.33. The molecule has 162 valence electrons. The van der Waals surface area contributed by atoms with Gasteiger partial charge in [-0.3, -0.25) is 14.4 Å². The Hall–Kier alpha value is -2.37. The molecule has 2 amide bonds. The Morgan fingerprint density at radius 2 is 1.58 bits per heavy atom. The average molecular weight is 463 g/mol. The third kappa shape index (κ3) is 2.31. The average Bonchev–Trinajstić information content (AvgIpc) is 3.00. The summed E-state index contributed by atoms with van der Waals surface area (Å²) in [6.07, 6.45) is 7.64. The van der Waals surface area contributed by atoms with Gasteiger partial charge in [0.1, 0.15) is 6.10 Å². The summed E-state index contributed by atoms with van der Waals surface area (Å²) < 4.78 is 16.4. The van der Waals surface area contributed by atoms with Crippen LogP contribution in [0, 0.1) is 0 Å². The van der Waals surface area contributed by atoms with Crippen LogP contribution < -0.4 is 0 Å². The van der Waals surface area contributed by atoms with Gasteiger partial charge in [-0.25, -0.2) is 0 Å².